The van der Waals surface area contributed by atoms with E-state index in [9.17, 15) is 9.18 Å². The molecular formula is C23H19FN2OS. The van der Waals surface area contributed by atoms with E-state index in [2.05, 4.69) is 16.7 Å². The molecule has 2 atom stereocenters. The van der Waals surface area contributed by atoms with E-state index in [-0.39, 0.29) is 17.5 Å². The summed E-state index contributed by atoms with van der Waals surface area (Å²) in [5, 5.41) is 8.94. The van der Waals surface area contributed by atoms with Gasteiger partial charge in [-0.25, -0.2) is 4.39 Å². The number of anilines is 2. The summed E-state index contributed by atoms with van der Waals surface area (Å²) in [7, 11) is 0. The minimum atomic E-state index is -0.510. The highest BCUT2D eigenvalue weighted by Gasteiger charge is 2.37. The van der Waals surface area contributed by atoms with Crippen molar-refractivity contribution in [3.8, 4) is 0 Å². The number of nitrogens with one attached hydrogen (secondary N) is 2. The number of fused-ring (bicyclic) bond motifs is 1. The van der Waals surface area contributed by atoms with E-state index in [0.717, 1.165) is 23.5 Å². The van der Waals surface area contributed by atoms with Crippen LogP contribution in [-0.4, -0.2) is 5.78 Å². The molecule has 2 aliphatic rings. The highest BCUT2D eigenvalue weighted by molar-refractivity contribution is 7.10. The molecule has 0 fully saturated rings. The number of ketones is 1. The van der Waals surface area contributed by atoms with Crippen LogP contribution in [0.15, 0.2) is 77.3 Å². The molecule has 0 bridgehead atoms. The van der Waals surface area contributed by atoms with Crippen LogP contribution in [0.1, 0.15) is 35.2 Å². The first-order valence-electron chi connectivity index (χ1n) is 9.37. The average Bonchev–Trinajstić information content (AvgIpc) is 3.17. The lowest BCUT2D eigenvalue weighted by Crippen LogP contribution is -2.27. The molecule has 1 aromatic heterocycles. The average molecular weight is 390 g/mol. The Morgan fingerprint density at radius 3 is 2.50 bits per heavy atom. The summed E-state index contributed by atoms with van der Waals surface area (Å²) in [5.74, 6) is -0.0783. The maximum atomic E-state index is 14.7. The maximum Gasteiger partial charge on any atom is 0.163 e. The second-order valence-corrected chi connectivity index (χ2v) is 8.18. The first-order chi connectivity index (χ1) is 13.7. The number of rotatable bonds is 2. The Bertz CT molecular complexity index is 1070. The van der Waals surface area contributed by atoms with Gasteiger partial charge in [0.05, 0.1) is 17.4 Å². The summed E-state index contributed by atoms with van der Waals surface area (Å²) >= 11 is 1.68. The summed E-state index contributed by atoms with van der Waals surface area (Å²) in [6.07, 6.45) is 1.19. The van der Waals surface area contributed by atoms with Crippen LogP contribution in [0.25, 0.3) is 0 Å². The van der Waals surface area contributed by atoms with Gasteiger partial charge in [-0.05, 0) is 36.1 Å². The van der Waals surface area contributed by atoms with Crippen molar-refractivity contribution in [2.45, 2.75) is 24.8 Å². The number of halogens is 1. The molecule has 0 saturated carbocycles. The molecule has 5 heteroatoms. The fraction of sp³-hybridized carbons (Fsp3) is 0.174. The molecule has 0 saturated heterocycles. The molecule has 0 radical (unpaired) electrons. The largest absolute Gasteiger partial charge is 0.372 e. The van der Waals surface area contributed by atoms with Gasteiger partial charge in [-0.1, -0.05) is 36.4 Å². The van der Waals surface area contributed by atoms with Gasteiger partial charge in [0.25, 0.3) is 0 Å². The minimum absolute atomic E-state index is 0.0701. The van der Waals surface area contributed by atoms with E-state index in [1.165, 1.54) is 10.9 Å². The fourth-order valence-electron chi connectivity index (χ4n) is 4.16. The molecule has 0 amide bonds. The maximum absolute atomic E-state index is 14.7. The highest BCUT2D eigenvalue weighted by Crippen LogP contribution is 2.45. The number of carbonyl (C=O) groups is 1. The van der Waals surface area contributed by atoms with E-state index in [4.69, 9.17) is 0 Å². The number of benzene rings is 2. The molecular weight excluding hydrogens is 371 g/mol. The fourth-order valence-corrected chi connectivity index (χ4v) is 4.99. The second kappa shape index (κ2) is 6.91. The number of allylic oxidation sites excluding steroid dienone is 1. The van der Waals surface area contributed by atoms with Gasteiger partial charge in [-0.3, -0.25) is 4.79 Å². The van der Waals surface area contributed by atoms with Gasteiger partial charge in [0.2, 0.25) is 0 Å². The van der Waals surface area contributed by atoms with Crippen molar-refractivity contribution in [1.29, 1.82) is 0 Å². The first-order valence-corrected chi connectivity index (χ1v) is 10.3. The van der Waals surface area contributed by atoms with Gasteiger partial charge in [0.15, 0.2) is 5.78 Å². The third-order valence-corrected chi connectivity index (χ3v) is 6.51. The topological polar surface area (TPSA) is 41.1 Å². The van der Waals surface area contributed by atoms with Crippen LogP contribution in [0, 0.1) is 5.82 Å². The van der Waals surface area contributed by atoms with Crippen LogP contribution >= 0.6 is 11.3 Å². The zero-order chi connectivity index (χ0) is 19.1. The molecule has 28 heavy (non-hydrogen) atoms. The van der Waals surface area contributed by atoms with Gasteiger partial charge < -0.3 is 10.6 Å². The van der Waals surface area contributed by atoms with Crippen LogP contribution in [0.4, 0.5) is 15.8 Å². The number of thiophene rings is 1. The normalized spacial score (nSPS) is 21.2. The van der Waals surface area contributed by atoms with Crippen molar-refractivity contribution in [3.63, 3.8) is 0 Å². The van der Waals surface area contributed by atoms with E-state index in [1.807, 2.05) is 41.8 Å². The summed E-state index contributed by atoms with van der Waals surface area (Å²) in [6, 6.07) is 18.1. The van der Waals surface area contributed by atoms with Gasteiger partial charge in [0, 0.05) is 34.0 Å². The molecule has 2 heterocycles. The molecule has 1 aliphatic carbocycles. The molecule has 140 valence electrons. The molecule has 1 aliphatic heterocycles. The predicted octanol–water partition coefficient (Wildman–Crippen LogP) is 5.87. The van der Waals surface area contributed by atoms with Crippen molar-refractivity contribution in [2.24, 2.45) is 0 Å². The van der Waals surface area contributed by atoms with E-state index < -0.39 is 6.04 Å². The summed E-state index contributed by atoms with van der Waals surface area (Å²) in [5.41, 5.74) is 3.81. The zero-order valence-corrected chi connectivity index (χ0v) is 15.9. The third kappa shape index (κ3) is 2.92. The summed E-state index contributed by atoms with van der Waals surface area (Å²) in [4.78, 5) is 14.5. The molecule has 2 N–H and O–H groups in total. The van der Waals surface area contributed by atoms with Crippen LogP contribution in [0.5, 0.6) is 0 Å². The third-order valence-electron chi connectivity index (χ3n) is 5.47. The second-order valence-electron chi connectivity index (χ2n) is 7.21. The van der Waals surface area contributed by atoms with Crippen molar-refractivity contribution in [1.82, 2.24) is 0 Å². The Morgan fingerprint density at radius 1 is 0.929 bits per heavy atom. The molecule has 2 aromatic carbocycles. The Labute approximate surface area is 166 Å². The van der Waals surface area contributed by atoms with Crippen molar-refractivity contribution in [3.05, 3.63) is 93.6 Å². The lowest BCUT2D eigenvalue weighted by atomic mass is 9.80. The molecule has 3 aromatic rings. The highest BCUT2D eigenvalue weighted by atomic mass is 32.1. The van der Waals surface area contributed by atoms with Gasteiger partial charge in [0.1, 0.15) is 5.82 Å². The van der Waals surface area contributed by atoms with E-state index >= 15 is 0 Å². The lowest BCUT2D eigenvalue weighted by Gasteiger charge is -2.29. The molecule has 0 spiro atoms. The number of para-hydroxylation sites is 2. The van der Waals surface area contributed by atoms with Gasteiger partial charge in [-0.2, -0.15) is 0 Å². The van der Waals surface area contributed by atoms with Crippen LogP contribution in [0.3, 0.4) is 0 Å². The standard InChI is InChI=1S/C23H19FN2OS/c24-16-7-2-1-6-15(16)23-22-19(25-17-8-3-4-9-18(17)26-23)12-14(13-20(22)27)21-10-5-11-28-21/h1-11,14,23,25-26H,12-13H2. The minimum Gasteiger partial charge on any atom is -0.372 e. The van der Waals surface area contributed by atoms with Crippen molar-refractivity contribution >= 4 is 28.5 Å². The van der Waals surface area contributed by atoms with Crippen molar-refractivity contribution in [2.75, 3.05) is 10.6 Å². The SMILES string of the molecule is O=C1CC(c2cccs2)CC2=C1C(c1ccccc1F)Nc1ccccc1N2. The predicted molar refractivity (Wildman–Crippen MR) is 111 cm³/mol. The Morgan fingerprint density at radius 2 is 1.71 bits per heavy atom. The number of carbonyl (C=O) groups excluding carboxylic acids is 1. The monoisotopic (exact) mass is 390 g/mol. The lowest BCUT2D eigenvalue weighted by molar-refractivity contribution is -0.116. The summed E-state index contributed by atoms with van der Waals surface area (Å²) in [6.45, 7) is 0. The van der Waals surface area contributed by atoms with Crippen LogP contribution in [0.2, 0.25) is 0 Å². The molecule has 3 nitrogen and oxygen atoms in total. The van der Waals surface area contributed by atoms with Crippen molar-refractivity contribution < 1.29 is 9.18 Å². The quantitative estimate of drug-likeness (QED) is 0.575. The van der Waals surface area contributed by atoms with Gasteiger partial charge in [-0.15, -0.1) is 11.3 Å². The number of hydrogen-bond donors (Lipinski definition) is 2. The van der Waals surface area contributed by atoms with Crippen LogP contribution < -0.4 is 10.6 Å². The molecule has 2 unspecified atom stereocenters. The number of Topliss-reactive ketones (excluding diaryl/α,β-unsaturated/α-hetero) is 1. The Kier molecular flexibility index (Phi) is 4.24. The van der Waals surface area contributed by atoms with Crippen LogP contribution in [-0.2, 0) is 4.79 Å². The van der Waals surface area contributed by atoms with E-state index in [1.54, 1.807) is 23.5 Å². The Hall–Kier alpha value is -2.92. The van der Waals surface area contributed by atoms with E-state index in [0.29, 0.717) is 17.6 Å². The smallest absolute Gasteiger partial charge is 0.163 e. The first kappa shape index (κ1) is 17.2. The molecule has 5 rings (SSSR count). The van der Waals surface area contributed by atoms with Gasteiger partial charge >= 0.3 is 0 Å². The zero-order valence-electron chi connectivity index (χ0n) is 15.1. The number of hydrogen-bond acceptors (Lipinski definition) is 4. The summed E-state index contributed by atoms with van der Waals surface area (Å²) < 4.78 is 14.7. The Balaban J connectivity index is 1.65.